The van der Waals surface area contributed by atoms with Crippen LogP contribution >= 0.6 is 0 Å². The minimum atomic E-state index is 0.484. The zero-order chi connectivity index (χ0) is 13.2. The van der Waals surface area contributed by atoms with E-state index in [1.165, 1.54) is 36.8 Å². The third-order valence-electron chi connectivity index (χ3n) is 5.19. The molecule has 1 heteroatoms. The zero-order valence-corrected chi connectivity index (χ0v) is 11.9. The summed E-state index contributed by atoms with van der Waals surface area (Å²) in [6.45, 7) is 2.10. The first kappa shape index (κ1) is 12.9. The molecule has 3 rings (SSSR count). The summed E-state index contributed by atoms with van der Waals surface area (Å²) >= 11 is 0. The fourth-order valence-corrected chi connectivity index (χ4v) is 4.06. The third kappa shape index (κ3) is 3.08. The van der Waals surface area contributed by atoms with Crippen LogP contribution < -0.4 is 0 Å². The lowest BCUT2D eigenvalue weighted by molar-refractivity contribution is -0.120. The summed E-state index contributed by atoms with van der Waals surface area (Å²) in [6.07, 6.45) is 8.07. The molecule has 102 valence electrons. The van der Waals surface area contributed by atoms with E-state index in [0.717, 1.165) is 37.0 Å². The van der Waals surface area contributed by atoms with Crippen molar-refractivity contribution in [3.05, 3.63) is 35.4 Å². The number of rotatable bonds is 5. The van der Waals surface area contributed by atoms with Crippen LogP contribution in [-0.2, 0) is 11.2 Å². The van der Waals surface area contributed by atoms with E-state index in [-0.39, 0.29) is 0 Å². The first-order valence-corrected chi connectivity index (χ1v) is 7.78. The molecule has 19 heavy (non-hydrogen) atoms. The maximum Gasteiger partial charge on any atom is 0.133 e. The molecule has 3 atom stereocenters. The first-order chi connectivity index (χ1) is 9.20. The van der Waals surface area contributed by atoms with Gasteiger partial charge in [-0.25, -0.2) is 0 Å². The van der Waals surface area contributed by atoms with Crippen molar-refractivity contribution >= 4 is 5.78 Å². The number of hydrogen-bond acceptors (Lipinski definition) is 1. The number of aryl methyl sites for hydroxylation is 2. The number of carbonyl (C=O) groups is 1. The van der Waals surface area contributed by atoms with Gasteiger partial charge in [0.2, 0.25) is 0 Å². The van der Waals surface area contributed by atoms with Gasteiger partial charge in [-0.2, -0.15) is 0 Å². The molecule has 0 heterocycles. The van der Waals surface area contributed by atoms with Crippen molar-refractivity contribution in [3.8, 4) is 0 Å². The SMILES string of the molecule is Cc1ccc(CCC(=O)CC2CC3CCC2C3)cc1. The molecule has 2 bridgehead atoms. The normalized spacial score (nSPS) is 28.8. The minimum absolute atomic E-state index is 0.484. The van der Waals surface area contributed by atoms with Crippen molar-refractivity contribution in [2.24, 2.45) is 17.8 Å². The lowest BCUT2D eigenvalue weighted by Crippen LogP contribution is -2.15. The molecule has 1 aromatic carbocycles. The summed E-state index contributed by atoms with van der Waals surface area (Å²) in [6, 6.07) is 8.58. The summed E-state index contributed by atoms with van der Waals surface area (Å²) in [4.78, 5) is 12.1. The van der Waals surface area contributed by atoms with Gasteiger partial charge in [0.25, 0.3) is 0 Å². The molecule has 1 nitrogen and oxygen atoms in total. The Balaban J connectivity index is 1.45. The molecule has 0 N–H and O–H groups in total. The van der Waals surface area contributed by atoms with E-state index in [0.29, 0.717) is 5.78 Å². The largest absolute Gasteiger partial charge is 0.300 e. The van der Waals surface area contributed by atoms with Gasteiger partial charge in [0.1, 0.15) is 5.78 Å². The molecule has 2 aliphatic carbocycles. The van der Waals surface area contributed by atoms with Crippen LogP contribution in [0.25, 0.3) is 0 Å². The summed E-state index contributed by atoms with van der Waals surface area (Å²) in [5.74, 6) is 3.05. The van der Waals surface area contributed by atoms with Gasteiger partial charge >= 0.3 is 0 Å². The van der Waals surface area contributed by atoms with Crippen LogP contribution in [0.2, 0.25) is 0 Å². The van der Waals surface area contributed by atoms with Crippen molar-refractivity contribution in [1.82, 2.24) is 0 Å². The Kier molecular flexibility index (Phi) is 3.72. The number of Topliss-reactive ketones (excluding diaryl/α,β-unsaturated/α-hetero) is 1. The van der Waals surface area contributed by atoms with E-state index < -0.39 is 0 Å². The molecule has 2 saturated carbocycles. The molecule has 3 unspecified atom stereocenters. The Hall–Kier alpha value is -1.11. The Bertz CT molecular complexity index is 445. The fourth-order valence-electron chi connectivity index (χ4n) is 4.06. The van der Waals surface area contributed by atoms with Gasteiger partial charge in [-0.3, -0.25) is 4.79 Å². The first-order valence-electron chi connectivity index (χ1n) is 7.78. The minimum Gasteiger partial charge on any atom is -0.300 e. The number of carbonyl (C=O) groups excluding carboxylic acids is 1. The van der Waals surface area contributed by atoms with Crippen LogP contribution in [0.4, 0.5) is 0 Å². The van der Waals surface area contributed by atoms with Crippen molar-refractivity contribution in [1.29, 1.82) is 0 Å². The van der Waals surface area contributed by atoms with Crippen molar-refractivity contribution < 1.29 is 4.79 Å². The molecule has 0 aromatic heterocycles. The highest BCUT2D eigenvalue weighted by atomic mass is 16.1. The van der Waals surface area contributed by atoms with Gasteiger partial charge < -0.3 is 0 Å². The molecule has 0 saturated heterocycles. The predicted octanol–water partition coefficient (Wildman–Crippen LogP) is 4.32. The van der Waals surface area contributed by atoms with Crippen LogP contribution in [0.1, 0.15) is 49.7 Å². The monoisotopic (exact) mass is 256 g/mol. The maximum absolute atomic E-state index is 12.1. The Morgan fingerprint density at radius 2 is 1.95 bits per heavy atom. The van der Waals surface area contributed by atoms with E-state index >= 15 is 0 Å². The highest BCUT2D eigenvalue weighted by Crippen LogP contribution is 2.49. The van der Waals surface area contributed by atoms with E-state index in [4.69, 9.17) is 0 Å². The lowest BCUT2D eigenvalue weighted by Gasteiger charge is -2.20. The highest BCUT2D eigenvalue weighted by Gasteiger charge is 2.39. The van der Waals surface area contributed by atoms with Crippen LogP contribution in [0.5, 0.6) is 0 Å². The molecule has 1 aromatic rings. The second-order valence-corrected chi connectivity index (χ2v) is 6.66. The van der Waals surface area contributed by atoms with E-state index in [1.807, 2.05) is 0 Å². The zero-order valence-electron chi connectivity index (χ0n) is 11.9. The van der Waals surface area contributed by atoms with Gasteiger partial charge in [0.15, 0.2) is 0 Å². The van der Waals surface area contributed by atoms with Crippen molar-refractivity contribution in [3.63, 3.8) is 0 Å². The van der Waals surface area contributed by atoms with Gasteiger partial charge in [-0.05, 0) is 55.9 Å². The lowest BCUT2D eigenvalue weighted by atomic mass is 9.84. The van der Waals surface area contributed by atoms with Gasteiger partial charge in [-0.15, -0.1) is 0 Å². The van der Waals surface area contributed by atoms with E-state index in [2.05, 4.69) is 31.2 Å². The molecule has 2 aliphatic rings. The maximum atomic E-state index is 12.1. The molecule has 2 fully saturated rings. The van der Waals surface area contributed by atoms with Gasteiger partial charge in [-0.1, -0.05) is 36.2 Å². The second-order valence-electron chi connectivity index (χ2n) is 6.66. The number of fused-ring (bicyclic) bond motifs is 2. The van der Waals surface area contributed by atoms with Gasteiger partial charge in [0, 0.05) is 12.8 Å². The van der Waals surface area contributed by atoms with Gasteiger partial charge in [0.05, 0.1) is 0 Å². The Morgan fingerprint density at radius 1 is 1.16 bits per heavy atom. The average molecular weight is 256 g/mol. The standard InChI is InChI=1S/C18H24O/c1-13-2-4-14(5-3-13)7-9-18(19)12-17-11-15-6-8-16(17)10-15/h2-5,15-17H,6-12H2,1H3. The third-order valence-corrected chi connectivity index (χ3v) is 5.19. The molecular formula is C18H24O. The second kappa shape index (κ2) is 5.48. The topological polar surface area (TPSA) is 17.1 Å². The predicted molar refractivity (Wildman–Crippen MR) is 78.1 cm³/mol. The van der Waals surface area contributed by atoms with Crippen LogP contribution in [0.3, 0.4) is 0 Å². The number of hydrogen-bond donors (Lipinski definition) is 0. The molecule has 0 spiro atoms. The number of benzene rings is 1. The van der Waals surface area contributed by atoms with Crippen LogP contribution in [0.15, 0.2) is 24.3 Å². The van der Waals surface area contributed by atoms with E-state index in [1.54, 1.807) is 0 Å². The summed E-state index contributed by atoms with van der Waals surface area (Å²) in [5, 5.41) is 0. The summed E-state index contributed by atoms with van der Waals surface area (Å²) in [7, 11) is 0. The fraction of sp³-hybridized carbons (Fsp3) is 0.611. The smallest absolute Gasteiger partial charge is 0.133 e. The van der Waals surface area contributed by atoms with Crippen LogP contribution in [-0.4, -0.2) is 5.78 Å². The summed E-state index contributed by atoms with van der Waals surface area (Å²) < 4.78 is 0. The molecular weight excluding hydrogens is 232 g/mol. The molecule has 0 radical (unpaired) electrons. The van der Waals surface area contributed by atoms with E-state index in [9.17, 15) is 4.79 Å². The quantitative estimate of drug-likeness (QED) is 0.766. The van der Waals surface area contributed by atoms with Crippen molar-refractivity contribution in [2.75, 3.05) is 0 Å². The molecule has 0 amide bonds. The number of ketones is 1. The molecule has 0 aliphatic heterocycles. The Morgan fingerprint density at radius 3 is 2.58 bits per heavy atom. The summed E-state index contributed by atoms with van der Waals surface area (Å²) in [5.41, 5.74) is 2.59. The average Bonchev–Trinajstić information content (AvgIpc) is 3.00. The van der Waals surface area contributed by atoms with Crippen molar-refractivity contribution in [2.45, 2.75) is 51.9 Å². The highest BCUT2D eigenvalue weighted by molar-refractivity contribution is 5.79. The van der Waals surface area contributed by atoms with Crippen LogP contribution in [0, 0.1) is 24.7 Å². The Labute approximate surface area is 116 Å².